The van der Waals surface area contributed by atoms with Gasteiger partial charge in [0.15, 0.2) is 5.58 Å². The second-order valence-electron chi connectivity index (χ2n) is 6.70. The van der Waals surface area contributed by atoms with Crippen LogP contribution in [0.4, 0.5) is 6.01 Å². The first-order valence-corrected chi connectivity index (χ1v) is 8.75. The summed E-state index contributed by atoms with van der Waals surface area (Å²) in [6.45, 7) is 3.94. The Balaban J connectivity index is 1.30. The Morgan fingerprint density at radius 2 is 2.08 bits per heavy atom. The van der Waals surface area contributed by atoms with Crippen LogP contribution < -0.4 is 10.2 Å². The normalized spacial score (nSPS) is 22.2. The molecule has 0 aliphatic carbocycles. The maximum atomic E-state index is 12.3. The predicted molar refractivity (Wildman–Crippen MR) is 90.9 cm³/mol. The number of fused-ring (bicyclic) bond motifs is 1. The minimum atomic E-state index is 0.0907. The van der Waals surface area contributed by atoms with Crippen molar-refractivity contribution in [2.24, 2.45) is 11.8 Å². The zero-order valence-corrected chi connectivity index (χ0v) is 13.7. The first-order valence-electron chi connectivity index (χ1n) is 8.75. The van der Waals surface area contributed by atoms with Gasteiger partial charge in [-0.15, -0.1) is 0 Å². The lowest BCUT2D eigenvalue weighted by atomic mass is 9.96. The molecule has 4 rings (SSSR count). The van der Waals surface area contributed by atoms with Gasteiger partial charge >= 0.3 is 0 Å². The van der Waals surface area contributed by atoms with Gasteiger partial charge in [0, 0.05) is 38.1 Å². The number of rotatable bonds is 4. The smallest absolute Gasteiger partial charge is 0.298 e. The van der Waals surface area contributed by atoms with E-state index in [4.69, 9.17) is 9.15 Å². The van der Waals surface area contributed by atoms with Gasteiger partial charge in [0.05, 0.1) is 6.61 Å². The van der Waals surface area contributed by atoms with Crippen molar-refractivity contribution in [3.05, 3.63) is 24.3 Å². The molecule has 1 amide bonds. The number of piperidine rings is 1. The Hall–Kier alpha value is -2.08. The molecule has 6 heteroatoms. The fourth-order valence-electron chi connectivity index (χ4n) is 3.46. The van der Waals surface area contributed by atoms with Crippen molar-refractivity contribution < 1.29 is 13.9 Å². The SMILES string of the molecule is O=C(NC[C@H]1CCOC1)C1CCN(c2nc3ccccc3o2)CC1. The number of carbonyl (C=O) groups excluding carboxylic acids is 1. The number of nitrogens with zero attached hydrogens (tertiary/aromatic N) is 2. The predicted octanol–water partition coefficient (Wildman–Crippen LogP) is 2.20. The molecule has 2 aromatic rings. The van der Waals surface area contributed by atoms with Crippen molar-refractivity contribution >= 4 is 23.0 Å². The van der Waals surface area contributed by atoms with E-state index in [-0.39, 0.29) is 11.8 Å². The zero-order chi connectivity index (χ0) is 16.4. The van der Waals surface area contributed by atoms with Gasteiger partial charge in [0.1, 0.15) is 5.52 Å². The molecule has 0 spiro atoms. The van der Waals surface area contributed by atoms with Crippen molar-refractivity contribution in [1.29, 1.82) is 0 Å². The summed E-state index contributed by atoms with van der Waals surface area (Å²) in [6, 6.07) is 8.45. The topological polar surface area (TPSA) is 67.6 Å². The average molecular weight is 329 g/mol. The number of oxazole rings is 1. The molecule has 0 unspecified atom stereocenters. The van der Waals surface area contributed by atoms with E-state index in [9.17, 15) is 4.79 Å². The van der Waals surface area contributed by atoms with Crippen LogP contribution in [-0.2, 0) is 9.53 Å². The van der Waals surface area contributed by atoms with Crippen molar-refractivity contribution in [3.63, 3.8) is 0 Å². The number of carbonyl (C=O) groups is 1. The molecule has 3 heterocycles. The van der Waals surface area contributed by atoms with Crippen LogP contribution in [0.3, 0.4) is 0 Å². The molecule has 1 atom stereocenters. The van der Waals surface area contributed by atoms with Gasteiger partial charge in [-0.3, -0.25) is 4.79 Å². The van der Waals surface area contributed by atoms with Gasteiger partial charge < -0.3 is 19.4 Å². The van der Waals surface area contributed by atoms with E-state index in [1.54, 1.807) is 0 Å². The molecular weight excluding hydrogens is 306 g/mol. The summed E-state index contributed by atoms with van der Waals surface area (Å²) < 4.78 is 11.2. The first kappa shape index (κ1) is 15.4. The van der Waals surface area contributed by atoms with Gasteiger partial charge in [-0.25, -0.2) is 0 Å². The number of aromatic nitrogens is 1. The second-order valence-corrected chi connectivity index (χ2v) is 6.70. The number of anilines is 1. The van der Waals surface area contributed by atoms with Gasteiger partial charge in [-0.05, 0) is 31.4 Å². The number of ether oxygens (including phenoxy) is 1. The number of hydrogen-bond donors (Lipinski definition) is 1. The third-order valence-electron chi connectivity index (χ3n) is 5.01. The zero-order valence-electron chi connectivity index (χ0n) is 13.7. The van der Waals surface area contributed by atoms with Crippen LogP contribution in [0, 0.1) is 11.8 Å². The minimum Gasteiger partial charge on any atom is -0.423 e. The van der Waals surface area contributed by atoms with Crippen LogP contribution in [-0.4, -0.2) is 43.7 Å². The summed E-state index contributed by atoms with van der Waals surface area (Å²) in [5.74, 6) is 0.751. The molecule has 2 saturated heterocycles. The lowest BCUT2D eigenvalue weighted by Gasteiger charge is -2.30. The highest BCUT2D eigenvalue weighted by atomic mass is 16.5. The number of benzene rings is 1. The highest BCUT2D eigenvalue weighted by Crippen LogP contribution is 2.26. The Bertz CT molecular complexity index is 667. The maximum absolute atomic E-state index is 12.3. The van der Waals surface area contributed by atoms with E-state index >= 15 is 0 Å². The molecule has 0 bridgehead atoms. The van der Waals surface area contributed by atoms with Crippen LogP contribution >= 0.6 is 0 Å². The largest absolute Gasteiger partial charge is 0.423 e. The summed E-state index contributed by atoms with van der Waals surface area (Å²) in [5, 5.41) is 3.09. The highest BCUT2D eigenvalue weighted by molar-refractivity contribution is 5.79. The number of hydrogen-bond acceptors (Lipinski definition) is 5. The highest BCUT2D eigenvalue weighted by Gasteiger charge is 2.27. The molecule has 1 aromatic heterocycles. The molecular formula is C18H23N3O3. The molecule has 0 radical (unpaired) electrons. The van der Waals surface area contributed by atoms with E-state index in [1.165, 1.54) is 0 Å². The van der Waals surface area contributed by atoms with E-state index in [0.29, 0.717) is 11.9 Å². The first-order chi connectivity index (χ1) is 11.8. The Labute approximate surface area is 141 Å². The molecule has 1 aromatic carbocycles. The molecule has 2 aliphatic heterocycles. The quantitative estimate of drug-likeness (QED) is 0.931. The van der Waals surface area contributed by atoms with E-state index in [2.05, 4.69) is 15.2 Å². The van der Waals surface area contributed by atoms with Crippen molar-refractivity contribution in [2.45, 2.75) is 19.3 Å². The fraction of sp³-hybridized carbons (Fsp3) is 0.556. The summed E-state index contributed by atoms with van der Waals surface area (Å²) in [7, 11) is 0. The molecule has 128 valence electrons. The average Bonchev–Trinajstić information content (AvgIpc) is 3.29. The molecule has 24 heavy (non-hydrogen) atoms. The maximum Gasteiger partial charge on any atom is 0.298 e. The molecule has 6 nitrogen and oxygen atoms in total. The van der Waals surface area contributed by atoms with Crippen LogP contribution in [0.25, 0.3) is 11.1 Å². The molecule has 0 saturated carbocycles. The third-order valence-corrected chi connectivity index (χ3v) is 5.01. The number of amides is 1. The lowest BCUT2D eigenvalue weighted by Crippen LogP contribution is -2.41. The summed E-state index contributed by atoms with van der Waals surface area (Å²) in [6.07, 6.45) is 2.73. The Morgan fingerprint density at radius 1 is 1.25 bits per heavy atom. The Kier molecular flexibility index (Phi) is 4.38. The van der Waals surface area contributed by atoms with Crippen molar-refractivity contribution in [3.8, 4) is 0 Å². The number of para-hydroxylation sites is 2. The molecule has 2 aliphatic rings. The van der Waals surface area contributed by atoms with Crippen LogP contribution in [0.15, 0.2) is 28.7 Å². The van der Waals surface area contributed by atoms with E-state index < -0.39 is 0 Å². The Morgan fingerprint density at radius 3 is 2.83 bits per heavy atom. The summed E-state index contributed by atoms with van der Waals surface area (Å²) >= 11 is 0. The summed E-state index contributed by atoms with van der Waals surface area (Å²) in [4.78, 5) is 19.0. The van der Waals surface area contributed by atoms with Crippen molar-refractivity contribution in [2.75, 3.05) is 37.7 Å². The van der Waals surface area contributed by atoms with E-state index in [0.717, 1.165) is 63.2 Å². The van der Waals surface area contributed by atoms with Crippen LogP contribution in [0.1, 0.15) is 19.3 Å². The van der Waals surface area contributed by atoms with Crippen LogP contribution in [0.2, 0.25) is 0 Å². The monoisotopic (exact) mass is 329 g/mol. The summed E-state index contributed by atoms with van der Waals surface area (Å²) in [5.41, 5.74) is 1.69. The number of nitrogens with one attached hydrogen (secondary N) is 1. The van der Waals surface area contributed by atoms with Gasteiger partial charge in [0.25, 0.3) is 6.01 Å². The van der Waals surface area contributed by atoms with E-state index in [1.807, 2.05) is 24.3 Å². The van der Waals surface area contributed by atoms with Crippen molar-refractivity contribution in [1.82, 2.24) is 10.3 Å². The standard InChI is InChI=1S/C18H23N3O3/c22-17(19-11-13-7-10-23-12-13)14-5-8-21(9-6-14)18-20-15-3-1-2-4-16(15)24-18/h1-4,13-14H,5-12H2,(H,19,22)/t13-/m1/s1. The fourth-order valence-corrected chi connectivity index (χ4v) is 3.46. The third kappa shape index (κ3) is 3.24. The van der Waals surface area contributed by atoms with Gasteiger partial charge in [-0.1, -0.05) is 12.1 Å². The lowest BCUT2D eigenvalue weighted by molar-refractivity contribution is -0.125. The minimum absolute atomic E-state index is 0.0907. The van der Waals surface area contributed by atoms with Gasteiger partial charge in [-0.2, -0.15) is 4.98 Å². The molecule has 2 fully saturated rings. The van der Waals surface area contributed by atoms with Gasteiger partial charge in [0.2, 0.25) is 5.91 Å². The molecule has 1 N–H and O–H groups in total. The van der Waals surface area contributed by atoms with Crippen LogP contribution in [0.5, 0.6) is 0 Å². The second kappa shape index (κ2) is 6.81.